The van der Waals surface area contributed by atoms with Gasteiger partial charge in [0, 0.05) is 6.42 Å². The second-order valence-electron chi connectivity index (χ2n) is 6.51. The summed E-state index contributed by atoms with van der Waals surface area (Å²) in [6.07, 6.45) is 12.9. The first-order chi connectivity index (χ1) is 10.1. The number of aliphatic carboxylic acids is 2. The minimum absolute atomic E-state index is 0.226. The molecule has 0 radical (unpaired) electrons. The topological polar surface area (TPSA) is 74.6 Å². The number of hydrogen-bond acceptors (Lipinski definition) is 2. The van der Waals surface area contributed by atoms with Gasteiger partial charge in [-0.25, -0.2) is 0 Å². The molecule has 2 N–H and O–H groups in total. The van der Waals surface area contributed by atoms with Crippen molar-refractivity contribution in [3.05, 3.63) is 0 Å². The van der Waals surface area contributed by atoms with Crippen LogP contribution in [0.2, 0.25) is 0 Å². The Morgan fingerprint density at radius 2 is 1.29 bits per heavy atom. The van der Waals surface area contributed by atoms with E-state index in [2.05, 4.69) is 0 Å². The fourth-order valence-corrected chi connectivity index (χ4v) is 3.42. The van der Waals surface area contributed by atoms with Crippen LogP contribution in [-0.4, -0.2) is 22.2 Å². The van der Waals surface area contributed by atoms with E-state index in [1.54, 1.807) is 0 Å². The molecule has 0 amide bonds. The van der Waals surface area contributed by atoms with Gasteiger partial charge in [0.1, 0.15) is 0 Å². The van der Waals surface area contributed by atoms with Crippen molar-refractivity contribution in [3.8, 4) is 0 Å². The lowest BCUT2D eigenvalue weighted by atomic mass is 9.74. The van der Waals surface area contributed by atoms with Crippen LogP contribution in [0.15, 0.2) is 0 Å². The van der Waals surface area contributed by atoms with Gasteiger partial charge in [0.25, 0.3) is 0 Å². The molecule has 1 aliphatic carbocycles. The Morgan fingerprint density at radius 1 is 0.762 bits per heavy atom. The molecule has 1 fully saturated rings. The van der Waals surface area contributed by atoms with E-state index >= 15 is 0 Å². The summed E-state index contributed by atoms with van der Waals surface area (Å²) in [7, 11) is 0. The number of carboxylic acids is 2. The van der Waals surface area contributed by atoms with Crippen LogP contribution < -0.4 is 0 Å². The lowest BCUT2D eigenvalue weighted by Crippen LogP contribution is -2.31. The SMILES string of the molecule is O=C(O)CCCCCCC1(C(=O)O)CCCCCCCC1. The molecule has 0 aromatic heterocycles. The standard InChI is InChI=1S/C17H30O4/c18-15(19)11-7-3-6-10-14-17(16(20)21)12-8-4-1-2-5-9-13-17/h1-14H2,(H,18,19)(H,20,21). The summed E-state index contributed by atoms with van der Waals surface area (Å²) >= 11 is 0. The minimum atomic E-state index is -0.742. The van der Waals surface area contributed by atoms with Gasteiger partial charge in [-0.2, -0.15) is 0 Å². The predicted molar refractivity (Wildman–Crippen MR) is 82.3 cm³/mol. The lowest BCUT2D eigenvalue weighted by Gasteiger charge is -2.29. The van der Waals surface area contributed by atoms with Crippen molar-refractivity contribution in [1.29, 1.82) is 0 Å². The first kappa shape index (κ1) is 18.0. The second-order valence-corrected chi connectivity index (χ2v) is 6.51. The smallest absolute Gasteiger partial charge is 0.309 e. The van der Waals surface area contributed by atoms with Gasteiger partial charge in [-0.05, 0) is 25.7 Å². The Hall–Kier alpha value is -1.06. The molecule has 1 saturated carbocycles. The Kier molecular flexibility index (Phi) is 8.40. The van der Waals surface area contributed by atoms with E-state index < -0.39 is 17.4 Å². The highest BCUT2D eigenvalue weighted by Gasteiger charge is 2.36. The molecule has 0 aromatic carbocycles. The first-order valence-electron chi connectivity index (χ1n) is 8.52. The second kappa shape index (κ2) is 9.80. The van der Waals surface area contributed by atoms with Crippen LogP contribution >= 0.6 is 0 Å². The number of unbranched alkanes of at least 4 members (excludes halogenated alkanes) is 3. The summed E-state index contributed by atoms with van der Waals surface area (Å²) in [5.74, 6) is -1.36. The Labute approximate surface area is 127 Å². The Morgan fingerprint density at radius 3 is 1.81 bits per heavy atom. The largest absolute Gasteiger partial charge is 0.481 e. The molecule has 0 heterocycles. The number of rotatable bonds is 8. The maximum Gasteiger partial charge on any atom is 0.309 e. The van der Waals surface area contributed by atoms with Gasteiger partial charge in [-0.15, -0.1) is 0 Å². The van der Waals surface area contributed by atoms with Crippen LogP contribution in [0.3, 0.4) is 0 Å². The van der Waals surface area contributed by atoms with Gasteiger partial charge in [-0.3, -0.25) is 9.59 Å². The van der Waals surface area contributed by atoms with Crippen LogP contribution in [-0.2, 0) is 9.59 Å². The third-order valence-electron chi connectivity index (χ3n) is 4.81. The molecule has 0 bridgehead atoms. The van der Waals surface area contributed by atoms with Crippen molar-refractivity contribution >= 4 is 11.9 Å². The zero-order valence-corrected chi connectivity index (χ0v) is 13.1. The van der Waals surface area contributed by atoms with Crippen molar-refractivity contribution in [3.63, 3.8) is 0 Å². The fraction of sp³-hybridized carbons (Fsp3) is 0.882. The highest BCUT2D eigenvalue weighted by Crippen LogP contribution is 2.38. The number of carboxylic acid groups (broad SMARTS) is 2. The average molecular weight is 298 g/mol. The lowest BCUT2D eigenvalue weighted by molar-refractivity contribution is -0.150. The zero-order valence-electron chi connectivity index (χ0n) is 13.1. The molecule has 21 heavy (non-hydrogen) atoms. The van der Waals surface area contributed by atoms with Crippen molar-refractivity contribution in [1.82, 2.24) is 0 Å². The Bertz CT molecular complexity index is 315. The summed E-state index contributed by atoms with van der Waals surface area (Å²) in [6, 6.07) is 0. The monoisotopic (exact) mass is 298 g/mol. The molecule has 4 nitrogen and oxygen atoms in total. The number of hydrogen-bond donors (Lipinski definition) is 2. The van der Waals surface area contributed by atoms with E-state index in [9.17, 15) is 14.7 Å². The highest BCUT2D eigenvalue weighted by atomic mass is 16.4. The first-order valence-corrected chi connectivity index (χ1v) is 8.52. The van der Waals surface area contributed by atoms with Gasteiger partial charge in [0.05, 0.1) is 5.41 Å². The predicted octanol–water partition coefficient (Wildman–Crippen LogP) is 4.62. The third-order valence-corrected chi connectivity index (χ3v) is 4.81. The van der Waals surface area contributed by atoms with Crippen molar-refractivity contribution in [2.45, 2.75) is 89.9 Å². The molecule has 0 atom stereocenters. The number of carbonyl (C=O) groups is 2. The zero-order chi connectivity index (χ0) is 15.6. The van der Waals surface area contributed by atoms with Crippen LogP contribution in [0.4, 0.5) is 0 Å². The van der Waals surface area contributed by atoms with Crippen molar-refractivity contribution in [2.24, 2.45) is 5.41 Å². The van der Waals surface area contributed by atoms with E-state index in [1.165, 1.54) is 12.8 Å². The molecule has 1 aliphatic rings. The molecule has 0 unspecified atom stereocenters. The molecule has 0 saturated heterocycles. The van der Waals surface area contributed by atoms with E-state index in [0.717, 1.165) is 64.2 Å². The van der Waals surface area contributed by atoms with Crippen LogP contribution in [0.25, 0.3) is 0 Å². The third kappa shape index (κ3) is 6.96. The molecular weight excluding hydrogens is 268 g/mol. The minimum Gasteiger partial charge on any atom is -0.481 e. The Balaban J connectivity index is 2.39. The molecule has 4 heteroatoms. The van der Waals surface area contributed by atoms with Gasteiger partial charge in [0.2, 0.25) is 0 Å². The van der Waals surface area contributed by atoms with E-state index in [1.807, 2.05) is 0 Å². The molecule has 122 valence electrons. The van der Waals surface area contributed by atoms with Crippen molar-refractivity contribution < 1.29 is 19.8 Å². The maximum absolute atomic E-state index is 11.8. The summed E-state index contributed by atoms with van der Waals surface area (Å²) in [5.41, 5.74) is -0.517. The van der Waals surface area contributed by atoms with Gasteiger partial charge >= 0.3 is 11.9 Å². The van der Waals surface area contributed by atoms with E-state index in [-0.39, 0.29) is 6.42 Å². The molecule has 0 spiro atoms. The summed E-state index contributed by atoms with van der Waals surface area (Å²) in [4.78, 5) is 22.2. The van der Waals surface area contributed by atoms with Crippen LogP contribution in [0.5, 0.6) is 0 Å². The summed E-state index contributed by atoms with van der Waals surface area (Å²) in [6.45, 7) is 0. The van der Waals surface area contributed by atoms with Crippen LogP contribution in [0.1, 0.15) is 89.9 Å². The van der Waals surface area contributed by atoms with E-state index in [0.29, 0.717) is 6.42 Å². The maximum atomic E-state index is 11.8. The molecule has 0 aromatic rings. The summed E-state index contributed by atoms with van der Waals surface area (Å²) < 4.78 is 0. The van der Waals surface area contributed by atoms with E-state index in [4.69, 9.17) is 5.11 Å². The van der Waals surface area contributed by atoms with Gasteiger partial charge < -0.3 is 10.2 Å². The average Bonchev–Trinajstić information content (AvgIpc) is 2.55. The normalized spacial score (nSPS) is 19.2. The molecule has 0 aliphatic heterocycles. The van der Waals surface area contributed by atoms with Crippen molar-refractivity contribution in [2.75, 3.05) is 0 Å². The molecule has 1 rings (SSSR count). The summed E-state index contributed by atoms with van der Waals surface area (Å²) in [5, 5.41) is 18.3. The highest BCUT2D eigenvalue weighted by molar-refractivity contribution is 5.74. The van der Waals surface area contributed by atoms with Gasteiger partial charge in [-0.1, -0.05) is 57.8 Å². The fourth-order valence-electron chi connectivity index (χ4n) is 3.42. The van der Waals surface area contributed by atoms with Crippen LogP contribution in [0, 0.1) is 5.41 Å². The quantitative estimate of drug-likeness (QED) is 0.641. The van der Waals surface area contributed by atoms with Gasteiger partial charge in [0.15, 0.2) is 0 Å². The molecular formula is C17H30O4.